The second-order valence-corrected chi connectivity index (χ2v) is 6.69. The summed E-state index contributed by atoms with van der Waals surface area (Å²) in [5, 5.41) is 3.24. The maximum Gasteiger partial charge on any atom is 0.410 e. The smallest absolute Gasteiger partial charge is 0.410 e. The molecular formula is C15H30N2O2. The van der Waals surface area contributed by atoms with E-state index in [0.29, 0.717) is 11.8 Å². The second kappa shape index (κ2) is 7.13. The third kappa shape index (κ3) is 5.81. The molecule has 1 N–H and O–H groups in total. The number of likely N-dealkylation sites (tertiary alicyclic amines) is 1. The molecule has 1 aliphatic heterocycles. The Balaban J connectivity index is 2.47. The highest BCUT2D eigenvalue weighted by molar-refractivity contribution is 5.68. The topological polar surface area (TPSA) is 41.6 Å². The molecule has 4 nitrogen and oxygen atoms in total. The zero-order valence-corrected chi connectivity index (χ0v) is 13.2. The van der Waals surface area contributed by atoms with Gasteiger partial charge in [0.1, 0.15) is 5.60 Å². The van der Waals surface area contributed by atoms with E-state index in [1.807, 2.05) is 32.7 Å². The Kier molecular flexibility index (Phi) is 6.11. The molecule has 0 saturated carbocycles. The van der Waals surface area contributed by atoms with Crippen LogP contribution in [0.4, 0.5) is 4.79 Å². The van der Waals surface area contributed by atoms with Crippen molar-refractivity contribution < 1.29 is 9.53 Å². The molecule has 1 aliphatic rings. The van der Waals surface area contributed by atoms with Gasteiger partial charge in [-0.2, -0.15) is 0 Å². The van der Waals surface area contributed by atoms with Crippen molar-refractivity contribution in [1.82, 2.24) is 10.2 Å². The number of carbonyl (C=O) groups is 1. The molecule has 19 heavy (non-hydrogen) atoms. The first-order chi connectivity index (χ1) is 8.83. The number of hydrogen-bond donors (Lipinski definition) is 1. The van der Waals surface area contributed by atoms with Crippen LogP contribution in [-0.4, -0.2) is 43.3 Å². The highest BCUT2D eigenvalue weighted by Crippen LogP contribution is 2.25. The Morgan fingerprint density at radius 3 is 2.63 bits per heavy atom. The van der Waals surface area contributed by atoms with E-state index in [9.17, 15) is 4.79 Å². The van der Waals surface area contributed by atoms with E-state index >= 15 is 0 Å². The second-order valence-electron chi connectivity index (χ2n) is 6.69. The third-order valence-corrected chi connectivity index (χ3v) is 3.76. The van der Waals surface area contributed by atoms with E-state index < -0.39 is 5.60 Å². The molecule has 112 valence electrons. The standard InChI is InChI=1S/C15H30N2O2/c1-12(11-16-5)13-7-6-9-17(10-8-13)14(18)19-15(2,3)4/h12-13,16H,6-11H2,1-5H3. The van der Waals surface area contributed by atoms with Gasteiger partial charge in [0.2, 0.25) is 0 Å². The summed E-state index contributed by atoms with van der Waals surface area (Å²) >= 11 is 0. The van der Waals surface area contributed by atoms with E-state index in [1.54, 1.807) is 0 Å². The maximum atomic E-state index is 12.1. The molecule has 0 spiro atoms. The van der Waals surface area contributed by atoms with Gasteiger partial charge in [0.05, 0.1) is 0 Å². The Bertz CT molecular complexity index is 286. The van der Waals surface area contributed by atoms with Crippen LogP contribution >= 0.6 is 0 Å². The van der Waals surface area contributed by atoms with Gasteiger partial charge in [-0.25, -0.2) is 4.79 Å². The van der Waals surface area contributed by atoms with Gasteiger partial charge >= 0.3 is 6.09 Å². The fourth-order valence-corrected chi connectivity index (χ4v) is 2.69. The van der Waals surface area contributed by atoms with E-state index in [2.05, 4.69) is 12.2 Å². The summed E-state index contributed by atoms with van der Waals surface area (Å²) in [5.41, 5.74) is -0.401. The minimum absolute atomic E-state index is 0.158. The van der Waals surface area contributed by atoms with Gasteiger partial charge in [-0.05, 0) is 65.5 Å². The van der Waals surface area contributed by atoms with Gasteiger partial charge in [0.25, 0.3) is 0 Å². The van der Waals surface area contributed by atoms with Crippen LogP contribution in [-0.2, 0) is 4.74 Å². The number of amides is 1. The van der Waals surface area contributed by atoms with Crippen molar-refractivity contribution in [3.63, 3.8) is 0 Å². The number of nitrogens with one attached hydrogen (secondary N) is 1. The lowest BCUT2D eigenvalue weighted by atomic mass is 9.88. The summed E-state index contributed by atoms with van der Waals surface area (Å²) in [6.45, 7) is 10.8. The van der Waals surface area contributed by atoms with Crippen LogP contribution in [0.2, 0.25) is 0 Å². The van der Waals surface area contributed by atoms with Crippen molar-refractivity contribution in [3.05, 3.63) is 0 Å². The zero-order valence-electron chi connectivity index (χ0n) is 13.2. The van der Waals surface area contributed by atoms with Crippen molar-refractivity contribution in [2.45, 2.75) is 52.6 Å². The first-order valence-corrected chi connectivity index (χ1v) is 7.46. The highest BCUT2D eigenvalue weighted by atomic mass is 16.6. The van der Waals surface area contributed by atoms with Crippen LogP contribution in [0.15, 0.2) is 0 Å². The van der Waals surface area contributed by atoms with Crippen LogP contribution in [0.5, 0.6) is 0 Å². The molecule has 0 bridgehead atoms. The van der Waals surface area contributed by atoms with Gasteiger partial charge in [-0.3, -0.25) is 0 Å². The lowest BCUT2D eigenvalue weighted by Gasteiger charge is -2.26. The number of carbonyl (C=O) groups excluding carboxylic acids is 1. The molecule has 0 aromatic heterocycles. The molecule has 0 aromatic rings. The molecule has 1 heterocycles. The van der Waals surface area contributed by atoms with Crippen LogP contribution in [0.3, 0.4) is 0 Å². The number of nitrogens with zero attached hydrogens (tertiary/aromatic N) is 1. The van der Waals surface area contributed by atoms with E-state index in [-0.39, 0.29) is 6.09 Å². The molecule has 0 aliphatic carbocycles. The fourth-order valence-electron chi connectivity index (χ4n) is 2.69. The maximum absolute atomic E-state index is 12.1. The summed E-state index contributed by atoms with van der Waals surface area (Å²) in [5.74, 6) is 1.38. The SMILES string of the molecule is CNCC(C)C1CCCN(C(=O)OC(C)(C)C)CC1. The van der Waals surface area contributed by atoms with Crippen LogP contribution < -0.4 is 5.32 Å². The molecular weight excluding hydrogens is 240 g/mol. The first-order valence-electron chi connectivity index (χ1n) is 7.46. The average molecular weight is 270 g/mol. The summed E-state index contributed by atoms with van der Waals surface area (Å²) in [7, 11) is 2.00. The minimum atomic E-state index is -0.401. The summed E-state index contributed by atoms with van der Waals surface area (Å²) in [6.07, 6.45) is 3.22. The van der Waals surface area contributed by atoms with Crippen molar-refractivity contribution in [2.24, 2.45) is 11.8 Å². The Morgan fingerprint density at radius 2 is 2.05 bits per heavy atom. The highest BCUT2D eigenvalue weighted by Gasteiger charge is 2.26. The normalized spacial score (nSPS) is 22.8. The quantitative estimate of drug-likeness (QED) is 0.857. The number of hydrogen-bond acceptors (Lipinski definition) is 3. The first kappa shape index (κ1) is 16.3. The van der Waals surface area contributed by atoms with Gasteiger partial charge < -0.3 is 15.0 Å². The van der Waals surface area contributed by atoms with E-state index in [0.717, 1.165) is 32.5 Å². The number of rotatable bonds is 3. The van der Waals surface area contributed by atoms with Crippen molar-refractivity contribution >= 4 is 6.09 Å². The third-order valence-electron chi connectivity index (χ3n) is 3.76. The molecule has 1 amide bonds. The predicted molar refractivity (Wildman–Crippen MR) is 78.2 cm³/mol. The van der Waals surface area contributed by atoms with E-state index in [4.69, 9.17) is 4.74 Å². The fraction of sp³-hybridized carbons (Fsp3) is 0.933. The van der Waals surface area contributed by atoms with Crippen molar-refractivity contribution in [3.8, 4) is 0 Å². The molecule has 0 radical (unpaired) electrons. The van der Waals surface area contributed by atoms with Crippen molar-refractivity contribution in [2.75, 3.05) is 26.7 Å². The monoisotopic (exact) mass is 270 g/mol. The van der Waals surface area contributed by atoms with E-state index in [1.165, 1.54) is 6.42 Å². The Hall–Kier alpha value is -0.770. The average Bonchev–Trinajstić information content (AvgIpc) is 2.52. The molecule has 0 aromatic carbocycles. The number of ether oxygens (including phenoxy) is 1. The Morgan fingerprint density at radius 1 is 1.37 bits per heavy atom. The summed E-state index contributed by atoms with van der Waals surface area (Å²) < 4.78 is 5.45. The minimum Gasteiger partial charge on any atom is -0.444 e. The molecule has 2 unspecified atom stereocenters. The molecule has 1 saturated heterocycles. The van der Waals surface area contributed by atoms with Crippen molar-refractivity contribution in [1.29, 1.82) is 0 Å². The molecule has 2 atom stereocenters. The van der Waals surface area contributed by atoms with Gasteiger partial charge in [0.15, 0.2) is 0 Å². The van der Waals surface area contributed by atoms with Crippen LogP contribution in [0.1, 0.15) is 47.0 Å². The lowest BCUT2D eigenvalue weighted by Crippen LogP contribution is -2.37. The van der Waals surface area contributed by atoms with Gasteiger partial charge in [0, 0.05) is 13.1 Å². The molecule has 1 rings (SSSR count). The van der Waals surface area contributed by atoms with Gasteiger partial charge in [-0.1, -0.05) is 6.92 Å². The zero-order chi connectivity index (χ0) is 14.5. The van der Waals surface area contributed by atoms with Crippen LogP contribution in [0.25, 0.3) is 0 Å². The van der Waals surface area contributed by atoms with Gasteiger partial charge in [-0.15, -0.1) is 0 Å². The molecule has 1 fully saturated rings. The lowest BCUT2D eigenvalue weighted by molar-refractivity contribution is 0.0254. The van der Waals surface area contributed by atoms with Crippen LogP contribution in [0, 0.1) is 11.8 Å². The summed E-state index contributed by atoms with van der Waals surface area (Å²) in [4.78, 5) is 13.9. The largest absolute Gasteiger partial charge is 0.444 e. The Labute approximate surface area is 117 Å². The predicted octanol–water partition coefficient (Wildman–Crippen LogP) is 2.88. The molecule has 4 heteroatoms. The summed E-state index contributed by atoms with van der Waals surface area (Å²) in [6, 6.07) is 0.